The predicted octanol–water partition coefficient (Wildman–Crippen LogP) is 4.99. The molecule has 0 saturated carbocycles. The number of likely N-dealkylation sites (tertiary alicyclic amines) is 1. The highest BCUT2D eigenvalue weighted by Crippen LogP contribution is 2.50. The van der Waals surface area contributed by atoms with Gasteiger partial charge in [-0.15, -0.1) is 11.3 Å². The summed E-state index contributed by atoms with van der Waals surface area (Å²) < 4.78 is 44.8. The number of benzene rings is 1. The van der Waals surface area contributed by atoms with Gasteiger partial charge in [0.05, 0.1) is 9.58 Å². The van der Waals surface area contributed by atoms with Crippen LogP contribution in [-0.2, 0) is 0 Å². The average molecular weight is 515 g/mol. The number of amides is 2. The molecule has 0 aliphatic carbocycles. The van der Waals surface area contributed by atoms with Crippen LogP contribution < -0.4 is 16.4 Å². The highest BCUT2D eigenvalue weighted by Gasteiger charge is 2.34. The summed E-state index contributed by atoms with van der Waals surface area (Å²) in [5, 5.41) is 9.30. The van der Waals surface area contributed by atoms with E-state index in [2.05, 4.69) is 39.5 Å². The summed E-state index contributed by atoms with van der Waals surface area (Å²) >= 11 is 0.827. The van der Waals surface area contributed by atoms with Gasteiger partial charge in [0.2, 0.25) is 5.82 Å². The molecule has 5 rings (SSSR count). The van der Waals surface area contributed by atoms with Crippen LogP contribution in [0.5, 0.6) is 0 Å². The lowest BCUT2D eigenvalue weighted by atomic mass is 10.2. The summed E-state index contributed by atoms with van der Waals surface area (Å²) in [6.07, 6.45) is 2.83. The Morgan fingerprint density at radius 2 is 2.03 bits per heavy atom. The number of fused-ring (bicyclic) bond motifs is 1. The van der Waals surface area contributed by atoms with Crippen molar-refractivity contribution in [2.24, 2.45) is 0 Å². The van der Waals surface area contributed by atoms with Crippen LogP contribution in [0.1, 0.15) is 38.6 Å². The topological polar surface area (TPSA) is 109 Å². The van der Waals surface area contributed by atoms with Gasteiger partial charge in [0.15, 0.2) is 0 Å². The van der Waals surface area contributed by atoms with Crippen LogP contribution in [0.15, 0.2) is 27.6 Å². The molecule has 0 radical (unpaired) electrons. The number of rotatable bonds is 4. The number of nitrogen functional groups attached to an aromatic ring is 1. The van der Waals surface area contributed by atoms with Gasteiger partial charge in [0, 0.05) is 28.6 Å². The van der Waals surface area contributed by atoms with Crippen molar-refractivity contribution in [1.29, 1.82) is 0 Å². The smallest absolute Gasteiger partial charge is 0.398 e. The zero-order chi connectivity index (χ0) is 24.5. The number of anilines is 1. The molecular weight excluding hydrogens is 489 g/mol. The number of hydrogen-bond acceptors (Lipinski definition) is 8. The number of thioether (sulfide) groups is 1. The van der Waals surface area contributed by atoms with Gasteiger partial charge in [0.25, 0.3) is 5.89 Å². The number of nitrogens with zero attached hydrogens (tertiary/aromatic N) is 3. The fraction of sp³-hybridized carbons (Fsp3) is 0.476. The van der Waals surface area contributed by atoms with Gasteiger partial charge in [0.1, 0.15) is 6.04 Å². The van der Waals surface area contributed by atoms with Gasteiger partial charge < -0.3 is 25.8 Å². The minimum atomic E-state index is -4.48. The number of urea groups is 1. The number of carbonyl (C=O) groups is 1. The molecule has 0 spiro atoms. The fourth-order valence-electron chi connectivity index (χ4n) is 3.81. The maximum Gasteiger partial charge on any atom is 0.446 e. The number of alkyl halides is 3. The van der Waals surface area contributed by atoms with Crippen molar-refractivity contribution in [3.05, 3.63) is 24.1 Å². The molecule has 8 nitrogen and oxygen atoms in total. The first-order chi connectivity index (χ1) is 16.1. The van der Waals surface area contributed by atoms with E-state index < -0.39 is 11.6 Å². The molecule has 2 saturated heterocycles. The third-order valence-corrected chi connectivity index (χ3v) is 7.74. The molecule has 2 fully saturated rings. The Balaban J connectivity index is 0.000000291. The minimum Gasteiger partial charge on any atom is -0.398 e. The van der Waals surface area contributed by atoms with Gasteiger partial charge in [-0.2, -0.15) is 18.2 Å². The second kappa shape index (κ2) is 10.0. The van der Waals surface area contributed by atoms with Crippen molar-refractivity contribution < 1.29 is 22.5 Å². The summed E-state index contributed by atoms with van der Waals surface area (Å²) in [6.45, 7) is 7.45. The number of carbonyl (C=O) groups excluding carboxylic acids is 1. The first kappa shape index (κ1) is 24.6. The molecule has 4 heterocycles. The Morgan fingerprint density at radius 3 is 2.62 bits per heavy atom. The summed E-state index contributed by atoms with van der Waals surface area (Å²) in [6, 6.07) is 4.65. The van der Waals surface area contributed by atoms with Crippen LogP contribution in [0.2, 0.25) is 0 Å². The van der Waals surface area contributed by atoms with Crippen LogP contribution in [0.3, 0.4) is 0 Å². The molecule has 2 aromatic heterocycles. The Kier molecular flexibility index (Phi) is 7.24. The van der Waals surface area contributed by atoms with Crippen molar-refractivity contribution in [2.45, 2.75) is 49.2 Å². The predicted molar refractivity (Wildman–Crippen MR) is 127 cm³/mol. The summed E-state index contributed by atoms with van der Waals surface area (Å²) in [4.78, 5) is 18.1. The quantitative estimate of drug-likeness (QED) is 0.332. The number of nitrogens with one attached hydrogen (secondary N) is 2. The highest BCUT2D eigenvalue weighted by molar-refractivity contribution is 8.00. The van der Waals surface area contributed by atoms with Crippen molar-refractivity contribution in [3.8, 4) is 10.7 Å². The molecule has 184 valence electrons. The zero-order valence-electron chi connectivity index (χ0n) is 18.6. The molecule has 4 N–H and O–H groups in total. The van der Waals surface area contributed by atoms with Gasteiger partial charge in [-0.25, -0.2) is 4.79 Å². The van der Waals surface area contributed by atoms with E-state index >= 15 is 0 Å². The zero-order valence-corrected chi connectivity index (χ0v) is 20.2. The maximum atomic E-state index is 13.1. The van der Waals surface area contributed by atoms with Gasteiger partial charge in [-0.1, -0.05) is 17.3 Å². The van der Waals surface area contributed by atoms with E-state index in [1.165, 1.54) is 25.9 Å². The Labute approximate surface area is 202 Å². The second-order valence-corrected chi connectivity index (χ2v) is 10.3. The van der Waals surface area contributed by atoms with E-state index in [-0.39, 0.29) is 45.8 Å². The molecule has 2 amide bonds. The van der Waals surface area contributed by atoms with Gasteiger partial charge in [-0.3, -0.25) is 0 Å². The van der Waals surface area contributed by atoms with E-state index in [1.807, 2.05) is 0 Å². The molecule has 1 unspecified atom stereocenters. The second-order valence-electron chi connectivity index (χ2n) is 8.23. The van der Waals surface area contributed by atoms with Crippen molar-refractivity contribution in [2.75, 3.05) is 25.4 Å². The van der Waals surface area contributed by atoms with Gasteiger partial charge >= 0.3 is 11.5 Å². The van der Waals surface area contributed by atoms with Crippen molar-refractivity contribution in [3.63, 3.8) is 0 Å². The first-order valence-electron chi connectivity index (χ1n) is 10.8. The molecule has 2 aliphatic heterocycles. The Hall–Kier alpha value is -2.51. The lowest BCUT2D eigenvalue weighted by Gasteiger charge is -2.18. The first-order valence-corrected chi connectivity index (χ1v) is 12.4. The van der Waals surface area contributed by atoms with Crippen LogP contribution in [0.25, 0.3) is 20.8 Å². The van der Waals surface area contributed by atoms with E-state index in [0.717, 1.165) is 17.4 Å². The van der Waals surface area contributed by atoms with Gasteiger partial charge in [-0.05, 0) is 57.6 Å². The van der Waals surface area contributed by atoms with Crippen molar-refractivity contribution >= 4 is 44.9 Å². The normalized spacial score (nSPS) is 18.8. The number of hydrogen-bond donors (Lipinski definition) is 3. The number of thiophene rings is 1. The SMILES string of the molecule is CC(C)N1CCCC1.Nc1cccc2c(SC(F)(F)F)c(-c3noc(C4CNC(=O)N4)n3)sc12. The summed E-state index contributed by atoms with van der Waals surface area (Å²) in [5.74, 6) is 0.139. The van der Waals surface area contributed by atoms with E-state index in [1.54, 1.807) is 18.2 Å². The van der Waals surface area contributed by atoms with E-state index in [4.69, 9.17) is 10.3 Å². The van der Waals surface area contributed by atoms with E-state index in [0.29, 0.717) is 15.8 Å². The monoisotopic (exact) mass is 514 g/mol. The number of aromatic nitrogens is 2. The summed E-state index contributed by atoms with van der Waals surface area (Å²) in [5.41, 5.74) is 1.79. The van der Waals surface area contributed by atoms with Crippen LogP contribution in [-0.4, -0.2) is 52.3 Å². The molecule has 1 atom stereocenters. The minimum absolute atomic E-state index is 0.0218. The lowest BCUT2D eigenvalue weighted by Crippen LogP contribution is -2.26. The maximum absolute atomic E-state index is 13.1. The van der Waals surface area contributed by atoms with Crippen LogP contribution in [0.4, 0.5) is 23.7 Å². The molecule has 0 bridgehead atoms. The third-order valence-electron chi connectivity index (χ3n) is 5.50. The van der Waals surface area contributed by atoms with Crippen LogP contribution in [0, 0.1) is 0 Å². The molecule has 3 aromatic rings. The Bertz CT molecular complexity index is 1160. The molecule has 1 aromatic carbocycles. The largest absolute Gasteiger partial charge is 0.446 e. The molecule has 13 heteroatoms. The third kappa shape index (κ3) is 5.58. The lowest BCUT2D eigenvalue weighted by molar-refractivity contribution is -0.0327. The molecular formula is C21H25F3N6O2S2. The van der Waals surface area contributed by atoms with Crippen molar-refractivity contribution in [1.82, 2.24) is 25.7 Å². The van der Waals surface area contributed by atoms with Crippen LogP contribution >= 0.6 is 23.1 Å². The number of nitrogens with two attached hydrogens (primary N) is 1. The van der Waals surface area contributed by atoms with E-state index in [9.17, 15) is 18.0 Å². The Morgan fingerprint density at radius 1 is 1.29 bits per heavy atom. The summed E-state index contributed by atoms with van der Waals surface area (Å²) in [7, 11) is 0. The average Bonchev–Trinajstić information content (AvgIpc) is 3.55. The number of halogens is 3. The standard InChI is InChI=1S/C14H10F3N5O2S2.C7H15N/c15-14(16,17)26-9-5-2-1-3-6(18)8(5)25-10(9)11-21-12(24-22-11)7-4-19-13(23)20-7;1-7(2)8-5-3-4-6-8/h1-3,7H,4,18H2,(H2,19,20,23);7H,3-6H2,1-2H3. The molecule has 2 aliphatic rings. The fourth-order valence-corrected chi connectivity index (χ4v) is 5.87. The molecule has 34 heavy (non-hydrogen) atoms. The highest BCUT2D eigenvalue weighted by atomic mass is 32.2.